The van der Waals surface area contributed by atoms with Crippen LogP contribution in [-0.2, 0) is 11.0 Å². The molecule has 86 valence electrons. The number of benzene rings is 1. The molecule has 0 aromatic heterocycles. The van der Waals surface area contributed by atoms with Crippen LogP contribution in [0.3, 0.4) is 0 Å². The molecule has 0 bridgehead atoms. The highest BCUT2D eigenvalue weighted by Crippen LogP contribution is 2.37. The lowest BCUT2D eigenvalue weighted by atomic mass is 9.91. The number of carbonyl (C=O) groups excluding carboxylic acids is 1. The second-order valence-corrected chi connectivity index (χ2v) is 3.95. The maximum Gasteiger partial charge on any atom is 0.416 e. The van der Waals surface area contributed by atoms with Crippen LogP contribution in [0.15, 0.2) is 18.2 Å². The van der Waals surface area contributed by atoms with Crippen LogP contribution in [0, 0.1) is 0 Å². The van der Waals surface area contributed by atoms with Crippen LogP contribution in [0.1, 0.15) is 30.4 Å². The number of hydrogen-bond donors (Lipinski definition) is 1. The van der Waals surface area contributed by atoms with E-state index in [1.165, 1.54) is 6.07 Å². The maximum absolute atomic E-state index is 12.5. The first-order chi connectivity index (χ1) is 7.38. The van der Waals surface area contributed by atoms with E-state index in [-0.39, 0.29) is 18.2 Å². The Morgan fingerprint density at radius 3 is 2.69 bits per heavy atom. The second kappa shape index (κ2) is 3.50. The topological polar surface area (TPSA) is 29.1 Å². The van der Waals surface area contributed by atoms with Crippen LogP contribution in [0.25, 0.3) is 0 Å². The van der Waals surface area contributed by atoms with Gasteiger partial charge in [-0.3, -0.25) is 4.79 Å². The van der Waals surface area contributed by atoms with Gasteiger partial charge in [-0.2, -0.15) is 13.2 Å². The van der Waals surface area contributed by atoms with E-state index >= 15 is 0 Å². The van der Waals surface area contributed by atoms with E-state index < -0.39 is 11.7 Å². The van der Waals surface area contributed by atoms with Crippen molar-refractivity contribution in [3.05, 3.63) is 29.3 Å². The Balaban J connectivity index is 2.46. The summed E-state index contributed by atoms with van der Waals surface area (Å²) in [7, 11) is 0. The van der Waals surface area contributed by atoms with E-state index in [4.69, 9.17) is 0 Å². The molecule has 1 aliphatic rings. The smallest absolute Gasteiger partial charge is 0.326 e. The molecule has 0 radical (unpaired) electrons. The Bertz CT molecular complexity index is 439. The van der Waals surface area contributed by atoms with Gasteiger partial charge in [0.1, 0.15) is 0 Å². The normalized spacial score (nSPS) is 20.2. The molecule has 0 saturated carbocycles. The first kappa shape index (κ1) is 11.0. The maximum atomic E-state index is 12.5. The van der Waals surface area contributed by atoms with Crippen molar-refractivity contribution in [3.8, 4) is 0 Å². The fourth-order valence-electron chi connectivity index (χ4n) is 1.85. The van der Waals surface area contributed by atoms with E-state index in [0.29, 0.717) is 11.3 Å². The monoisotopic (exact) mass is 229 g/mol. The summed E-state index contributed by atoms with van der Waals surface area (Å²) in [5.74, 6) is -0.328. The van der Waals surface area contributed by atoms with E-state index in [2.05, 4.69) is 5.32 Å². The molecule has 2 nitrogen and oxygen atoms in total. The average Bonchev–Trinajstić information content (AvgIpc) is 2.15. The third-order valence-electron chi connectivity index (χ3n) is 2.68. The zero-order valence-electron chi connectivity index (χ0n) is 8.56. The Morgan fingerprint density at radius 2 is 2.06 bits per heavy atom. The Labute approximate surface area is 90.5 Å². The van der Waals surface area contributed by atoms with Crippen molar-refractivity contribution >= 4 is 11.6 Å². The van der Waals surface area contributed by atoms with Crippen LogP contribution in [0.2, 0.25) is 0 Å². The van der Waals surface area contributed by atoms with Crippen LogP contribution in [0.4, 0.5) is 18.9 Å². The predicted octanol–water partition coefficient (Wildman–Crippen LogP) is 3.15. The average molecular weight is 229 g/mol. The van der Waals surface area contributed by atoms with Gasteiger partial charge in [-0.25, -0.2) is 0 Å². The Kier molecular flexibility index (Phi) is 2.40. The van der Waals surface area contributed by atoms with Crippen molar-refractivity contribution < 1.29 is 18.0 Å². The lowest BCUT2D eigenvalue weighted by Crippen LogP contribution is -2.22. The quantitative estimate of drug-likeness (QED) is 0.727. The largest absolute Gasteiger partial charge is 0.416 e. The molecule has 5 heteroatoms. The van der Waals surface area contributed by atoms with Gasteiger partial charge in [-0.05, 0) is 29.7 Å². The molecule has 1 aromatic carbocycles. The number of rotatable bonds is 0. The highest BCUT2D eigenvalue weighted by atomic mass is 19.4. The molecule has 0 aliphatic carbocycles. The van der Waals surface area contributed by atoms with Crippen molar-refractivity contribution in [2.75, 3.05) is 5.32 Å². The zero-order valence-corrected chi connectivity index (χ0v) is 8.56. The van der Waals surface area contributed by atoms with Crippen LogP contribution >= 0.6 is 0 Å². The molecular weight excluding hydrogens is 219 g/mol. The van der Waals surface area contributed by atoms with Crippen molar-refractivity contribution in [1.82, 2.24) is 0 Å². The van der Waals surface area contributed by atoms with Gasteiger partial charge in [-0.1, -0.05) is 6.92 Å². The minimum absolute atomic E-state index is 0.153. The van der Waals surface area contributed by atoms with Gasteiger partial charge in [0.25, 0.3) is 0 Å². The van der Waals surface area contributed by atoms with E-state index in [1.54, 1.807) is 6.92 Å². The number of carbonyl (C=O) groups is 1. The third kappa shape index (κ3) is 1.89. The highest BCUT2D eigenvalue weighted by Gasteiger charge is 2.32. The minimum atomic E-state index is -4.34. The molecule has 0 fully saturated rings. The van der Waals surface area contributed by atoms with E-state index in [0.717, 1.165) is 12.1 Å². The zero-order chi connectivity index (χ0) is 11.9. The summed E-state index contributed by atoms with van der Waals surface area (Å²) < 4.78 is 37.4. The number of hydrogen-bond acceptors (Lipinski definition) is 1. The molecule has 0 spiro atoms. The number of anilines is 1. The summed E-state index contributed by atoms with van der Waals surface area (Å²) in [5, 5.41) is 2.56. The van der Waals surface area contributed by atoms with Gasteiger partial charge in [0.05, 0.1) is 5.56 Å². The highest BCUT2D eigenvalue weighted by molar-refractivity contribution is 5.94. The standard InChI is InChI=1S/C11H10F3NO/c1-6-4-10(16)15-9-3-2-7(5-8(6)9)11(12,13)14/h2-3,5-6H,4H2,1H3,(H,15,16). The lowest BCUT2D eigenvalue weighted by Gasteiger charge is -2.23. The molecule has 1 amide bonds. The fourth-order valence-corrected chi connectivity index (χ4v) is 1.85. The van der Waals surface area contributed by atoms with Gasteiger partial charge in [0.15, 0.2) is 0 Å². The summed E-state index contributed by atoms with van der Waals surface area (Å²) in [6.07, 6.45) is -4.11. The molecule has 1 aromatic rings. The van der Waals surface area contributed by atoms with Crippen LogP contribution in [-0.4, -0.2) is 5.91 Å². The molecule has 1 atom stereocenters. The number of amides is 1. The van der Waals surface area contributed by atoms with Gasteiger partial charge < -0.3 is 5.32 Å². The van der Waals surface area contributed by atoms with Crippen LogP contribution < -0.4 is 5.32 Å². The number of alkyl halides is 3. The number of nitrogens with one attached hydrogen (secondary N) is 1. The number of fused-ring (bicyclic) bond motifs is 1. The van der Waals surface area contributed by atoms with Crippen LogP contribution in [0.5, 0.6) is 0 Å². The summed E-state index contributed by atoms with van der Waals surface area (Å²) in [6.45, 7) is 1.75. The van der Waals surface area contributed by atoms with Gasteiger partial charge in [0.2, 0.25) is 5.91 Å². The number of halogens is 3. The molecule has 1 N–H and O–H groups in total. The molecule has 1 heterocycles. The first-order valence-corrected chi connectivity index (χ1v) is 4.89. The third-order valence-corrected chi connectivity index (χ3v) is 2.68. The molecule has 1 unspecified atom stereocenters. The van der Waals surface area contributed by atoms with Crippen molar-refractivity contribution in [2.24, 2.45) is 0 Å². The van der Waals surface area contributed by atoms with Crippen molar-refractivity contribution in [3.63, 3.8) is 0 Å². The molecule has 16 heavy (non-hydrogen) atoms. The summed E-state index contributed by atoms with van der Waals surface area (Å²) in [6, 6.07) is 3.41. The second-order valence-electron chi connectivity index (χ2n) is 3.95. The molecular formula is C11H10F3NO. The first-order valence-electron chi connectivity index (χ1n) is 4.89. The van der Waals surface area contributed by atoms with Gasteiger partial charge in [-0.15, -0.1) is 0 Å². The van der Waals surface area contributed by atoms with Gasteiger partial charge >= 0.3 is 6.18 Å². The fraction of sp³-hybridized carbons (Fsp3) is 0.364. The van der Waals surface area contributed by atoms with Crippen molar-refractivity contribution in [2.45, 2.75) is 25.4 Å². The predicted molar refractivity (Wildman–Crippen MR) is 53.1 cm³/mol. The summed E-state index contributed by atoms with van der Waals surface area (Å²) in [4.78, 5) is 11.2. The Hall–Kier alpha value is -1.52. The van der Waals surface area contributed by atoms with E-state index in [1.807, 2.05) is 0 Å². The summed E-state index contributed by atoms with van der Waals surface area (Å²) in [5.41, 5.74) is 0.362. The summed E-state index contributed by atoms with van der Waals surface area (Å²) >= 11 is 0. The molecule has 0 saturated heterocycles. The minimum Gasteiger partial charge on any atom is -0.326 e. The Morgan fingerprint density at radius 1 is 1.38 bits per heavy atom. The SMILES string of the molecule is CC1CC(=O)Nc2ccc(C(F)(F)F)cc21. The molecule has 2 rings (SSSR count). The molecule has 1 aliphatic heterocycles. The van der Waals surface area contributed by atoms with Crippen molar-refractivity contribution in [1.29, 1.82) is 0 Å². The van der Waals surface area contributed by atoms with E-state index in [9.17, 15) is 18.0 Å². The van der Waals surface area contributed by atoms with Gasteiger partial charge in [0, 0.05) is 12.1 Å². The lowest BCUT2D eigenvalue weighted by molar-refractivity contribution is -0.137.